The van der Waals surface area contributed by atoms with Crippen molar-refractivity contribution < 1.29 is 18.3 Å². The first-order chi connectivity index (χ1) is 14.9. The van der Waals surface area contributed by atoms with Crippen LogP contribution in [0.5, 0.6) is 5.75 Å². The number of amides is 1. The molecule has 1 aromatic heterocycles. The molecule has 1 aliphatic carbocycles. The van der Waals surface area contributed by atoms with E-state index in [0.29, 0.717) is 23.1 Å². The maximum Gasteiger partial charge on any atom is 0.387 e. The average Bonchev–Trinajstić information content (AvgIpc) is 3.57. The number of hydrogen-bond acceptors (Lipinski definition) is 4. The third-order valence-corrected chi connectivity index (χ3v) is 5.35. The quantitative estimate of drug-likeness (QED) is 0.586. The van der Waals surface area contributed by atoms with Gasteiger partial charge in [-0.3, -0.25) is 14.2 Å². The number of benzene rings is 2. The average molecular weight is 427 g/mol. The number of alkyl halides is 2. The lowest BCUT2D eigenvalue weighted by atomic mass is 10.1. The first kappa shape index (κ1) is 21.0. The number of fused-ring (bicyclic) bond motifs is 1. The summed E-state index contributed by atoms with van der Waals surface area (Å²) in [5.74, 6) is 0.519. The summed E-state index contributed by atoms with van der Waals surface area (Å²) in [5, 5.41) is 3.49. The summed E-state index contributed by atoms with van der Waals surface area (Å²) in [5.41, 5.74) is 1.36. The molecule has 31 heavy (non-hydrogen) atoms. The molecule has 0 aliphatic heterocycles. The molecule has 1 aliphatic rings. The fourth-order valence-corrected chi connectivity index (χ4v) is 3.64. The molecule has 6 nitrogen and oxygen atoms in total. The maximum absolute atomic E-state index is 12.9. The maximum atomic E-state index is 12.9. The number of nitrogens with zero attached hydrogens (tertiary/aromatic N) is 2. The summed E-state index contributed by atoms with van der Waals surface area (Å²) < 4.78 is 30.6. The second kappa shape index (κ2) is 8.83. The third kappa shape index (κ3) is 4.90. The van der Waals surface area contributed by atoms with Crippen LogP contribution in [0.4, 0.5) is 8.78 Å². The van der Waals surface area contributed by atoms with Gasteiger partial charge in [0.1, 0.15) is 11.6 Å². The van der Waals surface area contributed by atoms with Gasteiger partial charge >= 0.3 is 6.61 Å². The Morgan fingerprint density at radius 3 is 2.58 bits per heavy atom. The van der Waals surface area contributed by atoms with Crippen molar-refractivity contribution in [1.82, 2.24) is 14.9 Å². The number of aryl methyl sites for hydroxylation is 1. The highest BCUT2D eigenvalue weighted by Gasteiger charge is 2.28. The van der Waals surface area contributed by atoms with Gasteiger partial charge < -0.3 is 10.1 Å². The van der Waals surface area contributed by atoms with Gasteiger partial charge in [0.05, 0.1) is 16.9 Å². The molecule has 8 heteroatoms. The number of carbonyl (C=O) groups is 1. The van der Waals surface area contributed by atoms with Gasteiger partial charge in [-0.25, -0.2) is 4.98 Å². The molecular weight excluding hydrogens is 404 g/mol. The van der Waals surface area contributed by atoms with Crippen molar-refractivity contribution >= 4 is 16.8 Å². The van der Waals surface area contributed by atoms with Crippen LogP contribution in [-0.4, -0.2) is 22.1 Å². The van der Waals surface area contributed by atoms with Gasteiger partial charge in [0.2, 0.25) is 5.91 Å². The molecular formula is C23H23F2N3O3. The van der Waals surface area contributed by atoms with E-state index in [1.807, 2.05) is 19.1 Å². The lowest BCUT2D eigenvalue weighted by Crippen LogP contribution is -2.29. The van der Waals surface area contributed by atoms with E-state index < -0.39 is 6.61 Å². The molecule has 162 valence electrons. The normalized spacial score (nSPS) is 14.6. The third-order valence-electron chi connectivity index (χ3n) is 5.35. The Morgan fingerprint density at radius 1 is 1.19 bits per heavy atom. The van der Waals surface area contributed by atoms with Gasteiger partial charge in [0, 0.05) is 18.9 Å². The van der Waals surface area contributed by atoms with Crippen LogP contribution in [-0.2, 0) is 11.2 Å². The number of ether oxygens (including phenoxy) is 1. The Kier molecular flexibility index (Phi) is 5.97. The van der Waals surface area contributed by atoms with Crippen LogP contribution >= 0.6 is 0 Å². The number of nitrogens with one attached hydrogen (secondary N) is 1. The fourth-order valence-electron chi connectivity index (χ4n) is 3.64. The molecule has 0 spiro atoms. The summed E-state index contributed by atoms with van der Waals surface area (Å²) in [6, 6.07) is 13.3. The van der Waals surface area contributed by atoms with Gasteiger partial charge in [-0.1, -0.05) is 24.3 Å². The topological polar surface area (TPSA) is 73.2 Å². The molecule has 3 aromatic rings. The Hall–Kier alpha value is -3.29. The van der Waals surface area contributed by atoms with Crippen LogP contribution in [0, 0.1) is 0 Å². The number of para-hydroxylation sites is 1. The van der Waals surface area contributed by atoms with Gasteiger partial charge in [-0.15, -0.1) is 0 Å². The van der Waals surface area contributed by atoms with E-state index >= 15 is 0 Å². The van der Waals surface area contributed by atoms with E-state index in [0.717, 1.165) is 18.4 Å². The second-order valence-corrected chi connectivity index (χ2v) is 7.69. The van der Waals surface area contributed by atoms with Crippen LogP contribution < -0.4 is 15.6 Å². The summed E-state index contributed by atoms with van der Waals surface area (Å²) >= 11 is 0. The SMILES string of the molecule is CC(NC(=O)CCc1nc2ccccc2c(=O)n1C1CC1)c1ccc(OC(F)F)cc1. The predicted octanol–water partition coefficient (Wildman–Crippen LogP) is 4.14. The monoisotopic (exact) mass is 427 g/mol. The largest absolute Gasteiger partial charge is 0.435 e. The standard InChI is InChI=1S/C23H23F2N3O3/c1-14(15-6-10-17(11-7-15)31-23(24)25)26-21(29)13-12-20-27-19-5-3-2-4-18(19)22(30)28(20)16-8-9-16/h2-7,10-11,14,16,23H,8-9,12-13H2,1H3,(H,26,29). The van der Waals surface area contributed by atoms with Crippen molar-refractivity contribution in [3.8, 4) is 5.75 Å². The minimum Gasteiger partial charge on any atom is -0.435 e. The highest BCUT2D eigenvalue weighted by atomic mass is 19.3. The first-order valence-electron chi connectivity index (χ1n) is 10.3. The molecule has 1 unspecified atom stereocenters. The van der Waals surface area contributed by atoms with E-state index in [1.54, 1.807) is 28.8 Å². The zero-order valence-corrected chi connectivity index (χ0v) is 17.1. The summed E-state index contributed by atoms with van der Waals surface area (Å²) in [4.78, 5) is 30.1. The molecule has 0 saturated heterocycles. The molecule has 0 radical (unpaired) electrons. The van der Waals surface area contributed by atoms with Gasteiger partial charge in [0.15, 0.2) is 0 Å². The Bertz CT molecular complexity index is 1140. The number of aromatic nitrogens is 2. The Balaban J connectivity index is 1.42. The molecule has 1 atom stereocenters. The van der Waals surface area contributed by atoms with Crippen molar-refractivity contribution in [2.75, 3.05) is 0 Å². The lowest BCUT2D eigenvalue weighted by molar-refractivity contribution is -0.121. The lowest BCUT2D eigenvalue weighted by Gasteiger charge is -2.16. The van der Waals surface area contributed by atoms with Crippen LogP contribution in [0.2, 0.25) is 0 Å². The fraction of sp³-hybridized carbons (Fsp3) is 0.348. The highest BCUT2D eigenvalue weighted by Crippen LogP contribution is 2.35. The van der Waals surface area contributed by atoms with Crippen LogP contribution in [0.25, 0.3) is 10.9 Å². The summed E-state index contributed by atoms with van der Waals surface area (Å²) in [6.07, 6.45) is 2.44. The van der Waals surface area contributed by atoms with E-state index in [2.05, 4.69) is 15.0 Å². The summed E-state index contributed by atoms with van der Waals surface area (Å²) in [6.45, 7) is -1.06. The number of carbonyl (C=O) groups excluding carboxylic acids is 1. The minimum absolute atomic E-state index is 0.0528. The van der Waals surface area contributed by atoms with Crippen molar-refractivity contribution in [3.63, 3.8) is 0 Å². The molecule has 1 fully saturated rings. The second-order valence-electron chi connectivity index (χ2n) is 7.69. The zero-order valence-electron chi connectivity index (χ0n) is 17.1. The zero-order chi connectivity index (χ0) is 22.0. The Morgan fingerprint density at radius 2 is 1.90 bits per heavy atom. The minimum atomic E-state index is -2.88. The van der Waals surface area contributed by atoms with E-state index in [9.17, 15) is 18.4 Å². The van der Waals surface area contributed by atoms with Gasteiger partial charge in [-0.05, 0) is 49.6 Å². The van der Waals surface area contributed by atoms with Crippen molar-refractivity contribution in [2.24, 2.45) is 0 Å². The van der Waals surface area contributed by atoms with Crippen LogP contribution in [0.3, 0.4) is 0 Å². The molecule has 1 saturated carbocycles. The van der Waals surface area contributed by atoms with Crippen molar-refractivity contribution in [1.29, 1.82) is 0 Å². The van der Waals surface area contributed by atoms with Crippen molar-refractivity contribution in [2.45, 2.75) is 51.3 Å². The van der Waals surface area contributed by atoms with E-state index in [-0.39, 0.29) is 35.7 Å². The summed E-state index contributed by atoms with van der Waals surface area (Å²) in [7, 11) is 0. The smallest absolute Gasteiger partial charge is 0.387 e. The number of halogens is 2. The predicted molar refractivity (Wildman–Crippen MR) is 112 cm³/mol. The molecule has 2 aromatic carbocycles. The number of rotatable bonds is 8. The molecule has 0 bridgehead atoms. The molecule has 1 heterocycles. The Labute approximate surface area is 177 Å². The van der Waals surface area contributed by atoms with E-state index in [1.165, 1.54) is 12.1 Å². The highest BCUT2D eigenvalue weighted by molar-refractivity contribution is 5.78. The molecule has 4 rings (SSSR count). The first-order valence-corrected chi connectivity index (χ1v) is 10.3. The van der Waals surface area contributed by atoms with Gasteiger partial charge in [-0.2, -0.15) is 8.78 Å². The molecule has 1 amide bonds. The number of hydrogen-bond donors (Lipinski definition) is 1. The van der Waals surface area contributed by atoms with E-state index in [4.69, 9.17) is 0 Å². The van der Waals surface area contributed by atoms with Crippen LogP contribution in [0.15, 0.2) is 53.3 Å². The van der Waals surface area contributed by atoms with Crippen molar-refractivity contribution in [3.05, 3.63) is 70.3 Å². The molecule has 1 N–H and O–H groups in total. The van der Waals surface area contributed by atoms with Crippen LogP contribution in [0.1, 0.15) is 49.7 Å². The van der Waals surface area contributed by atoms with Gasteiger partial charge in [0.25, 0.3) is 5.56 Å².